The normalized spacial score (nSPS) is 18.0. The number of imide groups is 1. The Hall–Kier alpha value is -3.88. The van der Waals surface area contributed by atoms with Crippen LogP contribution >= 0.6 is 0 Å². The number of esters is 1. The Bertz CT molecular complexity index is 987. The second-order valence-corrected chi connectivity index (χ2v) is 6.79. The van der Waals surface area contributed by atoms with Gasteiger partial charge in [0, 0.05) is 5.69 Å². The van der Waals surface area contributed by atoms with E-state index in [4.69, 9.17) is 4.74 Å². The number of nitrogens with zero attached hydrogens (tertiary/aromatic N) is 1. The van der Waals surface area contributed by atoms with Crippen molar-refractivity contribution in [1.82, 2.24) is 10.2 Å². The van der Waals surface area contributed by atoms with Gasteiger partial charge in [-0.15, -0.1) is 0 Å². The molecule has 2 aromatic rings. The number of urea groups is 1. The van der Waals surface area contributed by atoms with Gasteiger partial charge in [0.2, 0.25) is 5.91 Å². The third kappa shape index (κ3) is 3.95. The fraction of sp³-hybridized carbons (Fsp3) is 0.238. The van der Waals surface area contributed by atoms with Crippen LogP contribution in [-0.4, -0.2) is 49.5 Å². The number of hydrogen-bond acceptors (Lipinski definition) is 6. The lowest BCUT2D eigenvalue weighted by molar-refractivity contribution is -0.133. The number of methoxy groups -OCH3 is 2. The van der Waals surface area contributed by atoms with E-state index in [2.05, 4.69) is 15.4 Å². The smallest absolute Gasteiger partial charge is 0.337 e. The van der Waals surface area contributed by atoms with Gasteiger partial charge in [-0.25, -0.2) is 9.59 Å². The quantitative estimate of drug-likeness (QED) is 0.554. The molecule has 1 fully saturated rings. The molecule has 1 heterocycles. The van der Waals surface area contributed by atoms with Gasteiger partial charge in [0.25, 0.3) is 5.91 Å². The van der Waals surface area contributed by atoms with Crippen molar-refractivity contribution in [3.05, 3.63) is 59.7 Å². The summed E-state index contributed by atoms with van der Waals surface area (Å²) in [5.74, 6) is -0.962. The first kappa shape index (κ1) is 20.8. The molecular weight excluding hydrogens is 390 g/mol. The third-order valence-electron chi connectivity index (χ3n) is 4.83. The molecule has 9 heteroatoms. The summed E-state index contributed by atoms with van der Waals surface area (Å²) in [5, 5.41) is 5.24. The summed E-state index contributed by atoms with van der Waals surface area (Å²) < 4.78 is 9.73. The standard InChI is InChI=1S/C21H21N3O6/c1-21(14-6-10-16(29-2)11-7-14)19(27)24(20(28)23-21)12-17(25)22-15-8-4-13(5-9-15)18(26)30-3/h4-11H,12H2,1-3H3,(H,22,25)(H,23,28)/t21-/m0/s1. The largest absolute Gasteiger partial charge is 0.497 e. The van der Waals surface area contributed by atoms with Gasteiger partial charge in [-0.05, 0) is 48.9 Å². The average molecular weight is 411 g/mol. The Morgan fingerprint density at radius 1 is 1.03 bits per heavy atom. The monoisotopic (exact) mass is 411 g/mol. The predicted octanol–water partition coefficient (Wildman–Crippen LogP) is 1.89. The summed E-state index contributed by atoms with van der Waals surface area (Å²) >= 11 is 0. The van der Waals surface area contributed by atoms with Gasteiger partial charge < -0.3 is 20.1 Å². The molecule has 0 saturated carbocycles. The number of nitrogens with one attached hydrogen (secondary N) is 2. The van der Waals surface area contributed by atoms with Gasteiger partial charge in [-0.3, -0.25) is 14.5 Å². The van der Waals surface area contributed by atoms with Crippen LogP contribution in [0.25, 0.3) is 0 Å². The number of amides is 4. The Balaban J connectivity index is 1.68. The Kier molecular flexibility index (Phi) is 5.72. The number of carbonyl (C=O) groups excluding carboxylic acids is 4. The zero-order valence-corrected chi connectivity index (χ0v) is 16.7. The maximum Gasteiger partial charge on any atom is 0.337 e. The molecule has 1 aliphatic heterocycles. The highest BCUT2D eigenvalue weighted by molar-refractivity contribution is 6.10. The van der Waals surface area contributed by atoms with E-state index in [1.807, 2.05) is 0 Å². The lowest BCUT2D eigenvalue weighted by atomic mass is 9.92. The minimum atomic E-state index is -1.29. The van der Waals surface area contributed by atoms with Crippen molar-refractivity contribution in [2.24, 2.45) is 0 Å². The molecule has 156 valence electrons. The van der Waals surface area contributed by atoms with Crippen LogP contribution in [0.4, 0.5) is 10.5 Å². The first-order valence-corrected chi connectivity index (χ1v) is 9.05. The van der Waals surface area contributed by atoms with E-state index in [0.717, 1.165) is 4.90 Å². The molecule has 0 spiro atoms. The minimum absolute atomic E-state index is 0.333. The van der Waals surface area contributed by atoms with Crippen LogP contribution in [0.15, 0.2) is 48.5 Å². The van der Waals surface area contributed by atoms with Crippen molar-refractivity contribution in [2.45, 2.75) is 12.5 Å². The predicted molar refractivity (Wildman–Crippen MR) is 107 cm³/mol. The van der Waals surface area contributed by atoms with Crippen molar-refractivity contribution in [2.75, 3.05) is 26.1 Å². The number of rotatable bonds is 6. The van der Waals surface area contributed by atoms with Crippen molar-refractivity contribution < 1.29 is 28.7 Å². The van der Waals surface area contributed by atoms with Gasteiger partial charge in [-0.2, -0.15) is 0 Å². The van der Waals surface area contributed by atoms with E-state index in [1.165, 1.54) is 38.5 Å². The fourth-order valence-electron chi connectivity index (χ4n) is 3.11. The molecule has 4 amide bonds. The molecular formula is C21H21N3O6. The molecule has 9 nitrogen and oxygen atoms in total. The zero-order valence-electron chi connectivity index (χ0n) is 16.7. The fourth-order valence-corrected chi connectivity index (χ4v) is 3.11. The highest BCUT2D eigenvalue weighted by Gasteiger charge is 2.49. The SMILES string of the molecule is COC(=O)c1ccc(NC(=O)CN2C(=O)N[C@@](C)(c3ccc(OC)cc3)C2=O)cc1. The summed E-state index contributed by atoms with van der Waals surface area (Å²) in [6.45, 7) is 1.13. The maximum atomic E-state index is 12.9. The van der Waals surface area contributed by atoms with E-state index in [1.54, 1.807) is 31.2 Å². The highest BCUT2D eigenvalue weighted by atomic mass is 16.5. The molecule has 2 N–H and O–H groups in total. The van der Waals surface area contributed by atoms with Crippen LogP contribution in [0.5, 0.6) is 5.75 Å². The van der Waals surface area contributed by atoms with Crippen LogP contribution in [0, 0.1) is 0 Å². The lowest BCUT2D eigenvalue weighted by Gasteiger charge is -2.22. The van der Waals surface area contributed by atoms with Gasteiger partial charge in [-0.1, -0.05) is 12.1 Å². The molecule has 2 aromatic carbocycles. The molecule has 30 heavy (non-hydrogen) atoms. The molecule has 0 bridgehead atoms. The van der Waals surface area contributed by atoms with Crippen molar-refractivity contribution in [1.29, 1.82) is 0 Å². The Morgan fingerprint density at radius 3 is 2.23 bits per heavy atom. The van der Waals surface area contributed by atoms with E-state index in [-0.39, 0.29) is 0 Å². The van der Waals surface area contributed by atoms with Crippen molar-refractivity contribution in [3.8, 4) is 5.75 Å². The van der Waals surface area contributed by atoms with Crippen LogP contribution in [0.1, 0.15) is 22.8 Å². The highest BCUT2D eigenvalue weighted by Crippen LogP contribution is 2.30. The summed E-state index contributed by atoms with van der Waals surface area (Å²) in [7, 11) is 2.80. The van der Waals surface area contributed by atoms with Gasteiger partial charge >= 0.3 is 12.0 Å². The minimum Gasteiger partial charge on any atom is -0.497 e. The molecule has 0 aliphatic carbocycles. The van der Waals surface area contributed by atoms with E-state index >= 15 is 0 Å². The van der Waals surface area contributed by atoms with Crippen LogP contribution < -0.4 is 15.4 Å². The summed E-state index contributed by atoms with van der Waals surface area (Å²) in [4.78, 5) is 50.0. The van der Waals surface area contributed by atoms with E-state index in [0.29, 0.717) is 22.6 Å². The number of benzene rings is 2. The van der Waals surface area contributed by atoms with E-state index in [9.17, 15) is 19.2 Å². The second-order valence-electron chi connectivity index (χ2n) is 6.79. The average Bonchev–Trinajstić information content (AvgIpc) is 2.97. The number of hydrogen-bond donors (Lipinski definition) is 2. The Labute approximate surface area is 172 Å². The van der Waals surface area contributed by atoms with Crippen molar-refractivity contribution >= 4 is 29.5 Å². The third-order valence-corrected chi connectivity index (χ3v) is 4.83. The van der Waals surface area contributed by atoms with Crippen LogP contribution in [0.3, 0.4) is 0 Å². The first-order valence-electron chi connectivity index (χ1n) is 9.05. The maximum absolute atomic E-state index is 12.9. The molecule has 1 saturated heterocycles. The van der Waals surface area contributed by atoms with Crippen molar-refractivity contribution in [3.63, 3.8) is 0 Å². The zero-order chi connectivity index (χ0) is 21.9. The van der Waals surface area contributed by atoms with Gasteiger partial charge in [0.1, 0.15) is 17.8 Å². The molecule has 0 radical (unpaired) electrons. The number of carbonyl (C=O) groups is 4. The van der Waals surface area contributed by atoms with E-state index < -0.39 is 35.9 Å². The summed E-state index contributed by atoms with van der Waals surface area (Å²) in [6.07, 6.45) is 0. The lowest BCUT2D eigenvalue weighted by Crippen LogP contribution is -2.42. The topological polar surface area (TPSA) is 114 Å². The summed E-state index contributed by atoms with van der Waals surface area (Å²) in [5.41, 5.74) is 0.0339. The second kappa shape index (κ2) is 8.24. The van der Waals surface area contributed by atoms with Gasteiger partial charge in [0.05, 0.1) is 19.8 Å². The van der Waals surface area contributed by atoms with Crippen LogP contribution in [-0.2, 0) is 19.9 Å². The molecule has 3 rings (SSSR count). The molecule has 0 aromatic heterocycles. The summed E-state index contributed by atoms with van der Waals surface area (Å²) in [6, 6.07) is 12.1. The molecule has 1 aliphatic rings. The number of anilines is 1. The van der Waals surface area contributed by atoms with Gasteiger partial charge in [0.15, 0.2) is 0 Å². The van der Waals surface area contributed by atoms with Crippen LogP contribution in [0.2, 0.25) is 0 Å². The molecule has 1 atom stereocenters. The molecule has 0 unspecified atom stereocenters. The Morgan fingerprint density at radius 2 is 1.67 bits per heavy atom. The first-order chi connectivity index (χ1) is 14.3. The number of ether oxygens (including phenoxy) is 2.